The van der Waals surface area contributed by atoms with Crippen LogP contribution in [0, 0.1) is 17.8 Å². The molecule has 0 radical (unpaired) electrons. The van der Waals surface area contributed by atoms with Gasteiger partial charge in [-0.25, -0.2) is 15.6 Å². The smallest absolute Gasteiger partial charge is 0.381 e. The Morgan fingerprint density at radius 3 is 2.49 bits per heavy atom. The first-order valence-corrected chi connectivity index (χ1v) is 15.5. The largest absolute Gasteiger partial charge is 0.418 e. The molecule has 2 saturated carbocycles. The summed E-state index contributed by atoms with van der Waals surface area (Å²) in [6.45, 7) is 2.75. The molecule has 4 fully saturated rings. The molecule has 8 nitrogen and oxygen atoms in total. The summed E-state index contributed by atoms with van der Waals surface area (Å²) in [5, 5.41) is 0. The third kappa shape index (κ3) is 5.98. The van der Waals surface area contributed by atoms with E-state index < -0.39 is 11.7 Å². The van der Waals surface area contributed by atoms with Crippen LogP contribution in [-0.2, 0) is 17.5 Å². The fourth-order valence-corrected chi connectivity index (χ4v) is 8.02. The highest BCUT2D eigenvalue weighted by molar-refractivity contribution is 5.56. The molecule has 2 aromatic heterocycles. The Bertz CT molecular complexity index is 1260. The number of hydrazine groups is 1. The molecule has 0 amide bonds. The standard InChI is InChI=1S/C30H45F3N6O2/c1-36-19-34-35-28(36)27(21-6-3-7-21)22-8-4-9-23(15-22)38-18-26-25(30(31,32)33)14-20(17-39(26)29(38)40)16-37-12-5-10-24(41-2)11-13-37/h14,17-18,21-24,27-28,34-35H,3-13,15-16,19H2,1-2H3/t22?,23?,24-,27-,28?/m1/s1. The zero-order valence-electron chi connectivity index (χ0n) is 24.3. The van der Waals surface area contributed by atoms with E-state index >= 15 is 0 Å². The number of alkyl halides is 3. The van der Waals surface area contributed by atoms with Crippen LogP contribution in [0.1, 0.15) is 81.4 Å². The zero-order chi connectivity index (χ0) is 28.7. The summed E-state index contributed by atoms with van der Waals surface area (Å²) in [6.07, 6.45) is 9.21. The van der Waals surface area contributed by atoms with Gasteiger partial charge in [-0.1, -0.05) is 25.7 Å². The Labute approximate surface area is 240 Å². The number of hydrogen-bond donors (Lipinski definition) is 2. The van der Waals surface area contributed by atoms with Crippen LogP contribution in [0.2, 0.25) is 0 Å². The van der Waals surface area contributed by atoms with E-state index in [-0.39, 0.29) is 29.5 Å². The summed E-state index contributed by atoms with van der Waals surface area (Å²) in [7, 11) is 3.84. The van der Waals surface area contributed by atoms with Crippen LogP contribution >= 0.6 is 0 Å². The molecule has 6 rings (SSSR count). The first kappa shape index (κ1) is 29.2. The summed E-state index contributed by atoms with van der Waals surface area (Å²) in [5.41, 5.74) is 6.16. The second kappa shape index (κ2) is 12.0. The molecule has 2 aliphatic carbocycles. The average molecular weight is 579 g/mol. The summed E-state index contributed by atoms with van der Waals surface area (Å²) >= 11 is 0. The van der Waals surface area contributed by atoms with E-state index in [0.717, 1.165) is 64.7 Å². The fraction of sp³-hybridized carbons (Fsp3) is 0.767. The highest BCUT2D eigenvalue weighted by atomic mass is 19.4. The van der Waals surface area contributed by atoms with Gasteiger partial charge in [0.25, 0.3) is 0 Å². The van der Waals surface area contributed by atoms with Crippen molar-refractivity contribution in [3.05, 3.63) is 40.1 Å². The van der Waals surface area contributed by atoms with Crippen LogP contribution in [0.5, 0.6) is 0 Å². The predicted molar refractivity (Wildman–Crippen MR) is 151 cm³/mol. The minimum atomic E-state index is -4.55. The van der Waals surface area contributed by atoms with Gasteiger partial charge in [0.15, 0.2) is 0 Å². The monoisotopic (exact) mass is 578 g/mol. The van der Waals surface area contributed by atoms with Crippen molar-refractivity contribution in [1.82, 2.24) is 29.6 Å². The molecule has 4 aliphatic rings. The molecule has 228 valence electrons. The molecule has 2 aromatic rings. The Hall–Kier alpha value is -1.92. The molecule has 41 heavy (non-hydrogen) atoms. The molecular formula is C30H45F3N6O2. The topological polar surface area (TPSA) is 66.2 Å². The first-order valence-electron chi connectivity index (χ1n) is 15.5. The number of nitrogens with one attached hydrogen (secondary N) is 2. The molecule has 0 bridgehead atoms. The predicted octanol–water partition coefficient (Wildman–Crippen LogP) is 4.59. The van der Waals surface area contributed by atoms with E-state index in [0.29, 0.717) is 29.9 Å². The normalized spacial score (nSPS) is 30.0. The van der Waals surface area contributed by atoms with Crippen LogP contribution in [0.4, 0.5) is 13.2 Å². The minimum absolute atomic E-state index is 0.0411. The zero-order valence-corrected chi connectivity index (χ0v) is 24.3. The van der Waals surface area contributed by atoms with Crippen molar-refractivity contribution in [3.8, 4) is 0 Å². The molecule has 2 N–H and O–H groups in total. The number of rotatable bonds is 7. The van der Waals surface area contributed by atoms with Crippen LogP contribution in [0.3, 0.4) is 0 Å². The van der Waals surface area contributed by atoms with Gasteiger partial charge in [-0.15, -0.1) is 0 Å². The number of ether oxygens (including phenoxy) is 1. The van der Waals surface area contributed by atoms with Crippen molar-refractivity contribution < 1.29 is 17.9 Å². The summed E-state index contributed by atoms with van der Waals surface area (Å²) in [4.78, 5) is 18.3. The number of nitrogens with zero attached hydrogens (tertiary/aromatic N) is 4. The van der Waals surface area contributed by atoms with E-state index in [1.807, 2.05) is 0 Å². The van der Waals surface area contributed by atoms with Gasteiger partial charge >= 0.3 is 11.9 Å². The van der Waals surface area contributed by atoms with Crippen LogP contribution in [0.15, 0.2) is 23.3 Å². The Balaban J connectivity index is 1.28. The lowest BCUT2D eigenvalue weighted by molar-refractivity contribution is -0.136. The van der Waals surface area contributed by atoms with Crippen molar-refractivity contribution in [3.63, 3.8) is 0 Å². The third-order valence-electron chi connectivity index (χ3n) is 10.4. The second-order valence-corrected chi connectivity index (χ2v) is 12.9. The van der Waals surface area contributed by atoms with E-state index in [9.17, 15) is 18.0 Å². The number of fused-ring (bicyclic) bond motifs is 1. The number of likely N-dealkylation sites (tertiary alicyclic amines) is 1. The number of imidazole rings is 1. The highest BCUT2D eigenvalue weighted by Crippen LogP contribution is 2.47. The maximum atomic E-state index is 14.4. The van der Waals surface area contributed by atoms with Crippen LogP contribution in [-0.4, -0.2) is 65.0 Å². The lowest BCUT2D eigenvalue weighted by Gasteiger charge is -2.46. The fourth-order valence-electron chi connectivity index (χ4n) is 8.02. The van der Waals surface area contributed by atoms with Gasteiger partial charge in [0, 0.05) is 38.6 Å². The SMILES string of the molecule is CO[C@@H]1CCCN(Cc2cc(C(F)(F)F)c3cn(C4CCCC([C@@H](C5CCC5)C5NNCN5C)C4)c(=O)n3c2)CC1. The van der Waals surface area contributed by atoms with Crippen molar-refractivity contribution in [2.75, 3.05) is 33.9 Å². The molecule has 3 unspecified atom stereocenters. The van der Waals surface area contributed by atoms with E-state index in [4.69, 9.17) is 4.74 Å². The maximum Gasteiger partial charge on any atom is 0.418 e. The number of aromatic nitrogens is 2. The molecular weight excluding hydrogens is 533 g/mol. The third-order valence-corrected chi connectivity index (χ3v) is 10.4. The number of halogens is 3. The molecule has 11 heteroatoms. The van der Waals surface area contributed by atoms with Crippen molar-refractivity contribution in [1.29, 1.82) is 0 Å². The lowest BCUT2D eigenvalue weighted by Crippen LogP contribution is -2.50. The number of hydrogen-bond acceptors (Lipinski definition) is 6. The van der Waals surface area contributed by atoms with Crippen LogP contribution < -0.4 is 16.5 Å². The first-order chi connectivity index (χ1) is 19.7. The number of methoxy groups -OCH3 is 1. The molecule has 4 heterocycles. The lowest BCUT2D eigenvalue weighted by atomic mass is 9.65. The highest BCUT2D eigenvalue weighted by Gasteiger charge is 2.44. The van der Waals surface area contributed by atoms with Gasteiger partial charge in [0.05, 0.1) is 30.0 Å². The summed E-state index contributed by atoms with van der Waals surface area (Å²) < 4.78 is 51.5. The van der Waals surface area contributed by atoms with Gasteiger partial charge in [-0.05, 0) is 81.5 Å². The van der Waals surface area contributed by atoms with E-state index in [1.54, 1.807) is 17.9 Å². The summed E-state index contributed by atoms with van der Waals surface area (Å²) in [5.74, 6) is 1.54. The Morgan fingerprint density at radius 1 is 1.02 bits per heavy atom. The maximum absolute atomic E-state index is 14.4. The average Bonchev–Trinajstić information content (AvgIpc) is 3.40. The summed E-state index contributed by atoms with van der Waals surface area (Å²) in [6, 6.07) is 1.16. The van der Waals surface area contributed by atoms with Gasteiger partial charge in [-0.3, -0.25) is 18.8 Å². The van der Waals surface area contributed by atoms with Gasteiger partial charge in [0.2, 0.25) is 0 Å². The van der Waals surface area contributed by atoms with Gasteiger partial charge in [0.1, 0.15) is 0 Å². The Kier molecular flexibility index (Phi) is 8.53. The Morgan fingerprint density at radius 2 is 1.80 bits per heavy atom. The van der Waals surface area contributed by atoms with Gasteiger partial charge in [-0.2, -0.15) is 13.2 Å². The van der Waals surface area contributed by atoms with Crippen molar-refractivity contribution >= 4 is 5.52 Å². The van der Waals surface area contributed by atoms with Gasteiger partial charge < -0.3 is 4.74 Å². The molecule has 0 aromatic carbocycles. The van der Waals surface area contributed by atoms with Crippen LogP contribution in [0.25, 0.3) is 5.52 Å². The molecule has 0 spiro atoms. The van der Waals surface area contributed by atoms with Crippen molar-refractivity contribution in [2.45, 2.75) is 95.2 Å². The molecule has 2 saturated heterocycles. The minimum Gasteiger partial charge on any atom is -0.381 e. The second-order valence-electron chi connectivity index (χ2n) is 12.9. The quantitative estimate of drug-likeness (QED) is 0.501. The molecule has 5 atom stereocenters. The number of pyridine rings is 1. The van der Waals surface area contributed by atoms with E-state index in [2.05, 4.69) is 27.7 Å². The molecule has 2 aliphatic heterocycles. The van der Waals surface area contributed by atoms with E-state index in [1.165, 1.54) is 35.9 Å². The van der Waals surface area contributed by atoms with Crippen molar-refractivity contribution in [2.24, 2.45) is 17.8 Å².